The molecule has 1 aliphatic rings. The number of carbonyl (C=O) groups excluding carboxylic acids is 2. The lowest BCUT2D eigenvalue weighted by molar-refractivity contribution is -0.122. The molecule has 0 aliphatic carbocycles. The molecule has 1 aliphatic heterocycles. The van der Waals surface area contributed by atoms with Gasteiger partial charge in [0.25, 0.3) is 0 Å². The van der Waals surface area contributed by atoms with Crippen molar-refractivity contribution in [3.63, 3.8) is 0 Å². The summed E-state index contributed by atoms with van der Waals surface area (Å²) < 4.78 is 0. The maximum absolute atomic E-state index is 12.2. The highest BCUT2D eigenvalue weighted by Gasteiger charge is 2.35. The Labute approximate surface area is 115 Å². The molecule has 2 heterocycles. The Bertz CT molecular complexity index is 609. The summed E-state index contributed by atoms with van der Waals surface area (Å²) in [7, 11) is 0. The van der Waals surface area contributed by atoms with E-state index in [9.17, 15) is 9.59 Å². The fraction of sp³-hybridized carbons (Fsp3) is 0.214. The van der Waals surface area contributed by atoms with E-state index >= 15 is 0 Å². The number of para-hydroxylation sites is 1. The summed E-state index contributed by atoms with van der Waals surface area (Å²) in [4.78, 5) is 25.7. The van der Waals surface area contributed by atoms with E-state index in [0.717, 1.165) is 5.69 Å². The lowest BCUT2D eigenvalue weighted by Gasteiger charge is -2.14. The van der Waals surface area contributed by atoms with Gasteiger partial charge in [-0.05, 0) is 12.1 Å². The summed E-state index contributed by atoms with van der Waals surface area (Å²) in [6.45, 7) is 0.386. The third-order valence-electron chi connectivity index (χ3n) is 3.33. The quantitative estimate of drug-likeness (QED) is 0.885. The first-order chi connectivity index (χ1) is 9.74. The van der Waals surface area contributed by atoms with E-state index in [-0.39, 0.29) is 24.2 Å². The van der Waals surface area contributed by atoms with Crippen LogP contribution in [0.5, 0.6) is 0 Å². The Hall–Kier alpha value is -2.63. The molecule has 1 aromatic heterocycles. The van der Waals surface area contributed by atoms with E-state index in [1.807, 2.05) is 30.3 Å². The van der Waals surface area contributed by atoms with Crippen molar-refractivity contribution in [3.05, 3.63) is 42.7 Å². The zero-order valence-corrected chi connectivity index (χ0v) is 10.7. The minimum absolute atomic E-state index is 0.0559. The Kier molecular flexibility index (Phi) is 3.20. The molecule has 1 fully saturated rings. The van der Waals surface area contributed by atoms with E-state index in [0.29, 0.717) is 12.2 Å². The minimum atomic E-state index is -0.336. The van der Waals surface area contributed by atoms with Crippen LogP contribution in [0.15, 0.2) is 42.7 Å². The van der Waals surface area contributed by atoms with Crippen LogP contribution in [-0.4, -0.2) is 28.6 Å². The van der Waals surface area contributed by atoms with Crippen molar-refractivity contribution in [2.45, 2.75) is 6.42 Å². The summed E-state index contributed by atoms with van der Waals surface area (Å²) in [5.41, 5.74) is 1.44. The van der Waals surface area contributed by atoms with Gasteiger partial charge in [-0.15, -0.1) is 0 Å². The van der Waals surface area contributed by atoms with Gasteiger partial charge in [-0.1, -0.05) is 18.2 Å². The molecule has 1 aromatic carbocycles. The minimum Gasteiger partial charge on any atom is -0.326 e. The second kappa shape index (κ2) is 5.16. The number of H-pyrrole nitrogens is 1. The number of hydrogen-bond acceptors (Lipinski definition) is 3. The highest BCUT2D eigenvalue weighted by Crippen LogP contribution is 2.25. The zero-order valence-electron chi connectivity index (χ0n) is 10.7. The maximum Gasteiger partial charge on any atom is 0.229 e. The smallest absolute Gasteiger partial charge is 0.229 e. The molecule has 2 N–H and O–H groups in total. The van der Waals surface area contributed by atoms with Crippen LogP contribution in [0, 0.1) is 5.92 Å². The Morgan fingerprint density at radius 2 is 2.15 bits per heavy atom. The predicted octanol–water partition coefficient (Wildman–Crippen LogP) is 1.40. The average Bonchev–Trinajstić information content (AvgIpc) is 3.08. The van der Waals surface area contributed by atoms with Gasteiger partial charge < -0.3 is 10.2 Å². The zero-order chi connectivity index (χ0) is 13.9. The van der Waals surface area contributed by atoms with Crippen molar-refractivity contribution in [2.24, 2.45) is 5.92 Å². The fourth-order valence-corrected chi connectivity index (χ4v) is 2.29. The summed E-state index contributed by atoms with van der Waals surface area (Å²) in [5.74, 6) is -0.521. The third-order valence-corrected chi connectivity index (χ3v) is 3.33. The first kappa shape index (κ1) is 12.4. The number of rotatable bonds is 3. The normalized spacial score (nSPS) is 18.3. The molecule has 0 saturated carbocycles. The predicted molar refractivity (Wildman–Crippen MR) is 74.1 cm³/mol. The van der Waals surface area contributed by atoms with Crippen molar-refractivity contribution in [3.8, 4) is 0 Å². The number of aromatic nitrogens is 2. The average molecular weight is 270 g/mol. The Morgan fingerprint density at radius 3 is 2.85 bits per heavy atom. The number of carbonyl (C=O) groups is 2. The molecule has 0 bridgehead atoms. The molecule has 1 atom stereocenters. The van der Waals surface area contributed by atoms with Crippen molar-refractivity contribution >= 4 is 23.2 Å². The number of benzene rings is 1. The second-order valence-corrected chi connectivity index (χ2v) is 4.72. The van der Waals surface area contributed by atoms with Gasteiger partial charge in [0.2, 0.25) is 11.8 Å². The van der Waals surface area contributed by atoms with Crippen LogP contribution < -0.4 is 10.2 Å². The fourth-order valence-electron chi connectivity index (χ4n) is 2.29. The van der Waals surface area contributed by atoms with Crippen LogP contribution in [0.25, 0.3) is 0 Å². The molecule has 1 saturated heterocycles. The maximum atomic E-state index is 12.2. The van der Waals surface area contributed by atoms with Gasteiger partial charge in [0.05, 0.1) is 17.8 Å². The van der Waals surface area contributed by atoms with Gasteiger partial charge in [-0.3, -0.25) is 14.7 Å². The molecular formula is C14H14N4O2. The molecule has 102 valence electrons. The molecule has 0 spiro atoms. The summed E-state index contributed by atoms with van der Waals surface area (Å²) in [5, 5.41) is 9.32. The lowest BCUT2D eigenvalue weighted by atomic mass is 10.1. The number of nitrogens with zero attached hydrogens (tertiary/aromatic N) is 2. The molecule has 0 radical (unpaired) electrons. The van der Waals surface area contributed by atoms with E-state index in [4.69, 9.17) is 0 Å². The molecule has 6 heteroatoms. The van der Waals surface area contributed by atoms with E-state index in [2.05, 4.69) is 15.5 Å². The van der Waals surface area contributed by atoms with Gasteiger partial charge in [0.15, 0.2) is 0 Å². The van der Waals surface area contributed by atoms with Crippen LogP contribution in [0.2, 0.25) is 0 Å². The topological polar surface area (TPSA) is 78.1 Å². The lowest BCUT2D eigenvalue weighted by Crippen LogP contribution is -2.27. The number of aromatic amines is 1. The van der Waals surface area contributed by atoms with Crippen LogP contribution in [0.4, 0.5) is 11.4 Å². The molecule has 6 nitrogen and oxygen atoms in total. The third kappa shape index (κ3) is 2.40. The van der Waals surface area contributed by atoms with E-state index in [1.165, 1.54) is 0 Å². The SMILES string of the molecule is O=C(Nc1ccccc1)C1CC(=O)N(c2cn[nH]c2)C1. The van der Waals surface area contributed by atoms with Gasteiger partial charge in [-0.2, -0.15) is 5.10 Å². The van der Waals surface area contributed by atoms with Crippen molar-refractivity contribution in [1.29, 1.82) is 0 Å². The van der Waals surface area contributed by atoms with Gasteiger partial charge in [0.1, 0.15) is 0 Å². The van der Waals surface area contributed by atoms with Gasteiger partial charge in [-0.25, -0.2) is 0 Å². The Balaban J connectivity index is 1.67. The molecular weight excluding hydrogens is 256 g/mol. The highest BCUT2D eigenvalue weighted by molar-refractivity contribution is 6.03. The number of nitrogens with one attached hydrogen (secondary N) is 2. The molecule has 1 unspecified atom stereocenters. The van der Waals surface area contributed by atoms with Gasteiger partial charge >= 0.3 is 0 Å². The van der Waals surface area contributed by atoms with E-state index in [1.54, 1.807) is 17.3 Å². The van der Waals surface area contributed by atoms with Crippen LogP contribution in [0.3, 0.4) is 0 Å². The molecule has 20 heavy (non-hydrogen) atoms. The largest absolute Gasteiger partial charge is 0.326 e. The number of anilines is 2. The first-order valence-corrected chi connectivity index (χ1v) is 6.39. The summed E-state index contributed by atoms with van der Waals surface area (Å²) in [6, 6.07) is 9.24. The van der Waals surface area contributed by atoms with Crippen LogP contribution >= 0.6 is 0 Å². The monoisotopic (exact) mass is 270 g/mol. The van der Waals surface area contributed by atoms with Gasteiger partial charge in [0, 0.05) is 24.8 Å². The standard InChI is InChI=1S/C14H14N4O2/c19-13-6-10(9-18(13)12-7-15-16-8-12)14(20)17-11-4-2-1-3-5-11/h1-5,7-8,10H,6,9H2,(H,15,16)(H,17,20). The first-order valence-electron chi connectivity index (χ1n) is 6.39. The van der Waals surface area contributed by atoms with E-state index < -0.39 is 0 Å². The highest BCUT2D eigenvalue weighted by atomic mass is 16.2. The molecule has 3 rings (SSSR count). The Morgan fingerprint density at radius 1 is 1.35 bits per heavy atom. The molecule has 2 amide bonds. The van der Waals surface area contributed by atoms with Crippen LogP contribution in [-0.2, 0) is 9.59 Å². The second-order valence-electron chi connectivity index (χ2n) is 4.72. The molecule has 2 aromatic rings. The summed E-state index contributed by atoms with van der Waals surface area (Å²) in [6.07, 6.45) is 3.45. The van der Waals surface area contributed by atoms with Crippen LogP contribution in [0.1, 0.15) is 6.42 Å². The number of hydrogen-bond donors (Lipinski definition) is 2. The number of amides is 2. The van der Waals surface area contributed by atoms with Crippen molar-refractivity contribution < 1.29 is 9.59 Å². The summed E-state index contributed by atoms with van der Waals surface area (Å²) >= 11 is 0. The van der Waals surface area contributed by atoms with Crippen molar-refractivity contribution in [1.82, 2.24) is 10.2 Å². The van der Waals surface area contributed by atoms with Crippen molar-refractivity contribution in [2.75, 3.05) is 16.8 Å².